The van der Waals surface area contributed by atoms with Gasteiger partial charge in [0.2, 0.25) is 0 Å². The van der Waals surface area contributed by atoms with Gasteiger partial charge in [0.15, 0.2) is 5.78 Å². The molecule has 0 spiro atoms. The van der Waals surface area contributed by atoms with Gasteiger partial charge in [-0.2, -0.15) is 0 Å². The van der Waals surface area contributed by atoms with Gasteiger partial charge in [-0.3, -0.25) is 9.59 Å². The highest BCUT2D eigenvalue weighted by atomic mass is 16.3. The minimum Gasteiger partial charge on any atom is -0.392 e. The van der Waals surface area contributed by atoms with Crippen LogP contribution in [-0.4, -0.2) is 41.0 Å². The average Bonchev–Trinajstić information content (AvgIpc) is 3.30. The Morgan fingerprint density at radius 1 is 1.00 bits per heavy atom. The molecular weight excluding hydrogens is 438 g/mol. The summed E-state index contributed by atoms with van der Waals surface area (Å²) in [5.41, 5.74) is 5.11. The van der Waals surface area contributed by atoms with Crippen LogP contribution >= 0.6 is 0 Å². The van der Waals surface area contributed by atoms with E-state index < -0.39 is 12.1 Å². The zero-order valence-electron chi connectivity index (χ0n) is 20.0. The molecule has 6 heteroatoms. The number of H-pyrrole nitrogens is 1. The summed E-state index contributed by atoms with van der Waals surface area (Å²) in [6.45, 7) is 4.52. The van der Waals surface area contributed by atoms with Crippen LogP contribution in [0, 0.1) is 6.92 Å². The highest BCUT2D eigenvalue weighted by molar-refractivity contribution is 6.11. The minimum absolute atomic E-state index is 0.0299. The average molecular weight is 470 g/mol. The Balaban J connectivity index is 1.54. The second-order valence-corrected chi connectivity index (χ2v) is 8.92. The fourth-order valence-corrected chi connectivity index (χ4v) is 4.09. The molecule has 2 atom stereocenters. The van der Waals surface area contributed by atoms with E-state index in [1.807, 2.05) is 30.3 Å². The van der Waals surface area contributed by atoms with E-state index in [2.05, 4.69) is 46.8 Å². The Hall–Kier alpha value is -3.74. The largest absolute Gasteiger partial charge is 0.392 e. The molecule has 4 N–H and O–H groups in total. The molecule has 3 aromatic carbocycles. The fourth-order valence-electron chi connectivity index (χ4n) is 4.09. The summed E-state index contributed by atoms with van der Waals surface area (Å²) in [5.74, 6) is -0.298. The van der Waals surface area contributed by atoms with Crippen molar-refractivity contribution in [2.24, 2.45) is 0 Å². The Labute approximate surface area is 205 Å². The number of hydrogen-bond donors (Lipinski definition) is 4. The maximum Gasteiger partial charge on any atom is 0.251 e. The first-order chi connectivity index (χ1) is 16.9. The molecule has 1 aromatic heterocycles. The molecule has 180 valence electrons. The van der Waals surface area contributed by atoms with Crippen molar-refractivity contribution in [3.8, 4) is 0 Å². The monoisotopic (exact) mass is 469 g/mol. The SMILES string of the molecule is Cc1ccc(CCN[C@H](C(=O)c2c[nH]c3cc(C(=O)NC[C@@H](C)O)ccc23)c2ccccc2)cc1. The highest BCUT2D eigenvalue weighted by Crippen LogP contribution is 2.26. The van der Waals surface area contributed by atoms with E-state index in [0.29, 0.717) is 23.2 Å². The number of ketones is 1. The number of aliphatic hydroxyl groups excluding tert-OH is 1. The van der Waals surface area contributed by atoms with Gasteiger partial charge in [0.25, 0.3) is 5.91 Å². The number of fused-ring (bicyclic) bond motifs is 1. The minimum atomic E-state index is -0.620. The summed E-state index contributed by atoms with van der Waals surface area (Å²) in [5, 5.41) is 16.3. The molecule has 6 nitrogen and oxygen atoms in total. The number of aryl methyl sites for hydroxylation is 1. The predicted molar refractivity (Wildman–Crippen MR) is 139 cm³/mol. The molecule has 0 aliphatic carbocycles. The van der Waals surface area contributed by atoms with Gasteiger partial charge in [-0.05, 0) is 43.5 Å². The van der Waals surface area contributed by atoms with Gasteiger partial charge >= 0.3 is 0 Å². The number of aromatic amines is 1. The number of aromatic nitrogens is 1. The molecule has 0 radical (unpaired) electrons. The Morgan fingerprint density at radius 2 is 1.74 bits per heavy atom. The van der Waals surface area contributed by atoms with E-state index in [0.717, 1.165) is 17.4 Å². The van der Waals surface area contributed by atoms with Crippen molar-refractivity contribution in [2.75, 3.05) is 13.1 Å². The lowest BCUT2D eigenvalue weighted by molar-refractivity contribution is 0.0922. The highest BCUT2D eigenvalue weighted by Gasteiger charge is 2.24. The molecule has 0 saturated heterocycles. The van der Waals surface area contributed by atoms with E-state index in [9.17, 15) is 14.7 Å². The molecule has 4 aromatic rings. The van der Waals surface area contributed by atoms with Crippen molar-refractivity contribution in [1.82, 2.24) is 15.6 Å². The molecule has 1 heterocycles. The molecule has 0 saturated carbocycles. The Morgan fingerprint density at radius 3 is 2.46 bits per heavy atom. The maximum absolute atomic E-state index is 13.7. The van der Waals surface area contributed by atoms with E-state index in [1.165, 1.54) is 11.1 Å². The van der Waals surface area contributed by atoms with E-state index in [4.69, 9.17) is 0 Å². The lowest BCUT2D eigenvalue weighted by atomic mass is 9.96. The van der Waals surface area contributed by atoms with Gasteiger partial charge in [-0.1, -0.05) is 66.2 Å². The summed E-state index contributed by atoms with van der Waals surface area (Å²) < 4.78 is 0. The molecule has 0 unspecified atom stereocenters. The van der Waals surface area contributed by atoms with E-state index >= 15 is 0 Å². The van der Waals surface area contributed by atoms with Gasteiger partial charge in [0.1, 0.15) is 0 Å². The van der Waals surface area contributed by atoms with Crippen LogP contribution in [0.3, 0.4) is 0 Å². The van der Waals surface area contributed by atoms with Crippen LogP contribution < -0.4 is 10.6 Å². The van der Waals surface area contributed by atoms with Crippen LogP contribution in [0.5, 0.6) is 0 Å². The first kappa shape index (κ1) is 24.4. The molecule has 0 bridgehead atoms. The predicted octanol–water partition coefficient (Wildman–Crippen LogP) is 4.34. The van der Waals surface area contributed by atoms with Crippen LogP contribution in [0.2, 0.25) is 0 Å². The number of benzene rings is 3. The molecule has 0 aliphatic heterocycles. The van der Waals surface area contributed by atoms with Crippen LogP contribution in [0.1, 0.15) is 50.4 Å². The number of carbonyl (C=O) groups excluding carboxylic acids is 2. The van der Waals surface area contributed by atoms with Crippen LogP contribution in [0.4, 0.5) is 0 Å². The van der Waals surface area contributed by atoms with E-state index in [1.54, 1.807) is 31.3 Å². The number of carbonyl (C=O) groups is 2. The Bertz CT molecular complexity index is 1290. The fraction of sp³-hybridized carbons (Fsp3) is 0.241. The third-order valence-corrected chi connectivity index (χ3v) is 6.05. The lowest BCUT2D eigenvalue weighted by Crippen LogP contribution is -2.30. The van der Waals surface area contributed by atoms with Crippen LogP contribution in [0.25, 0.3) is 10.9 Å². The van der Waals surface area contributed by atoms with Crippen molar-refractivity contribution in [3.63, 3.8) is 0 Å². The third-order valence-electron chi connectivity index (χ3n) is 6.05. The van der Waals surface area contributed by atoms with Crippen molar-refractivity contribution >= 4 is 22.6 Å². The number of hydrogen-bond acceptors (Lipinski definition) is 4. The molecule has 35 heavy (non-hydrogen) atoms. The lowest BCUT2D eigenvalue weighted by Gasteiger charge is -2.18. The van der Waals surface area contributed by atoms with Gasteiger partial charge < -0.3 is 20.7 Å². The maximum atomic E-state index is 13.7. The molecule has 1 amide bonds. The first-order valence-corrected chi connectivity index (χ1v) is 11.9. The van der Waals surface area contributed by atoms with Gasteiger partial charge in [-0.15, -0.1) is 0 Å². The topological polar surface area (TPSA) is 94.2 Å². The molecule has 4 rings (SSSR count). The van der Waals surface area contributed by atoms with Gasteiger partial charge in [0, 0.05) is 41.3 Å². The van der Waals surface area contributed by atoms with Crippen LogP contribution in [-0.2, 0) is 6.42 Å². The summed E-state index contributed by atoms with van der Waals surface area (Å²) >= 11 is 0. The summed E-state index contributed by atoms with van der Waals surface area (Å²) in [6, 6.07) is 22.9. The van der Waals surface area contributed by atoms with Crippen molar-refractivity contribution < 1.29 is 14.7 Å². The number of aliphatic hydroxyl groups is 1. The second-order valence-electron chi connectivity index (χ2n) is 8.92. The number of nitrogens with one attached hydrogen (secondary N) is 3. The summed E-state index contributed by atoms with van der Waals surface area (Å²) in [6.07, 6.45) is 1.91. The van der Waals surface area contributed by atoms with Gasteiger partial charge in [0.05, 0.1) is 12.1 Å². The number of Topliss-reactive ketones (excluding diaryl/α,β-unsaturated/α-hetero) is 1. The third kappa shape index (κ3) is 6.04. The summed E-state index contributed by atoms with van der Waals surface area (Å²) in [7, 11) is 0. The molecule has 0 fully saturated rings. The standard InChI is InChI=1S/C29H31N3O3/c1-19-8-10-21(11-9-19)14-15-30-27(22-6-4-3-5-7-22)28(34)25-18-31-26-16-23(12-13-24(25)26)29(35)32-17-20(2)33/h3-13,16,18,20,27,30-31,33H,14-15,17H2,1-2H3,(H,32,35)/t20-,27+/m1/s1. The second kappa shape index (κ2) is 11.1. The molecular formula is C29H31N3O3. The summed E-state index contributed by atoms with van der Waals surface area (Å²) in [4.78, 5) is 29.2. The zero-order chi connectivity index (χ0) is 24.8. The smallest absolute Gasteiger partial charge is 0.251 e. The normalized spacial score (nSPS) is 12.9. The zero-order valence-corrected chi connectivity index (χ0v) is 20.0. The van der Waals surface area contributed by atoms with Crippen molar-refractivity contribution in [1.29, 1.82) is 0 Å². The molecule has 0 aliphatic rings. The van der Waals surface area contributed by atoms with Crippen LogP contribution in [0.15, 0.2) is 79.0 Å². The Kier molecular flexibility index (Phi) is 7.75. The first-order valence-electron chi connectivity index (χ1n) is 11.9. The van der Waals surface area contributed by atoms with E-state index in [-0.39, 0.29) is 18.2 Å². The quantitative estimate of drug-likeness (QED) is 0.260. The number of amides is 1. The number of rotatable bonds is 10. The van der Waals surface area contributed by atoms with Gasteiger partial charge in [-0.25, -0.2) is 0 Å². The van der Waals surface area contributed by atoms with Crippen molar-refractivity contribution in [3.05, 3.63) is 107 Å². The van der Waals surface area contributed by atoms with Crippen molar-refractivity contribution in [2.45, 2.75) is 32.4 Å².